The third-order valence-electron chi connectivity index (χ3n) is 2.95. The lowest BCUT2D eigenvalue weighted by Crippen LogP contribution is -1.97. The molecule has 90 valence electrons. The van der Waals surface area contributed by atoms with Gasteiger partial charge in [-0.3, -0.25) is 4.98 Å². The number of benzene rings is 1. The highest BCUT2D eigenvalue weighted by Gasteiger charge is 2.06. The van der Waals surface area contributed by atoms with Crippen LogP contribution in [0.3, 0.4) is 0 Å². The van der Waals surface area contributed by atoms with Crippen molar-refractivity contribution >= 4 is 26.8 Å². The average Bonchev–Trinajstić information content (AvgIpc) is 2.84. The molecule has 0 saturated heterocycles. The fraction of sp³-hybridized carbons (Fsp3) is 0.0714. The first-order chi connectivity index (χ1) is 8.78. The van der Waals surface area contributed by atoms with Crippen molar-refractivity contribution in [1.82, 2.24) is 9.97 Å². The molecule has 3 rings (SSSR count). The second-order valence-corrected chi connectivity index (χ2v) is 4.99. The molecule has 3 nitrogen and oxygen atoms in total. The van der Waals surface area contributed by atoms with Gasteiger partial charge in [0.25, 0.3) is 0 Å². The van der Waals surface area contributed by atoms with Gasteiger partial charge < -0.3 is 10.7 Å². The van der Waals surface area contributed by atoms with Crippen LogP contribution in [-0.4, -0.2) is 9.97 Å². The van der Waals surface area contributed by atoms with Crippen LogP contribution in [-0.2, 0) is 6.54 Å². The van der Waals surface area contributed by atoms with Crippen molar-refractivity contribution in [3.8, 4) is 11.4 Å². The molecule has 0 saturated carbocycles. The Hall–Kier alpha value is -1.65. The molecular weight excluding hydrogens is 290 g/mol. The summed E-state index contributed by atoms with van der Waals surface area (Å²) in [5, 5.41) is 1.16. The topological polar surface area (TPSA) is 54.7 Å². The van der Waals surface area contributed by atoms with E-state index in [0.29, 0.717) is 6.54 Å². The van der Waals surface area contributed by atoms with Gasteiger partial charge in [-0.25, -0.2) is 0 Å². The highest BCUT2D eigenvalue weighted by Crippen LogP contribution is 2.28. The maximum Gasteiger partial charge on any atom is 0.0867 e. The zero-order chi connectivity index (χ0) is 12.5. The summed E-state index contributed by atoms with van der Waals surface area (Å²) in [5.41, 5.74) is 9.75. The summed E-state index contributed by atoms with van der Waals surface area (Å²) in [6, 6.07) is 12.1. The largest absolute Gasteiger partial charge is 0.353 e. The predicted octanol–water partition coefficient (Wildman–Crippen LogP) is 3.45. The molecule has 2 aromatic heterocycles. The minimum Gasteiger partial charge on any atom is -0.353 e. The number of pyridine rings is 1. The van der Waals surface area contributed by atoms with E-state index in [4.69, 9.17) is 5.73 Å². The highest BCUT2D eigenvalue weighted by molar-refractivity contribution is 9.10. The zero-order valence-electron chi connectivity index (χ0n) is 9.65. The number of fused-ring (bicyclic) bond motifs is 1. The van der Waals surface area contributed by atoms with E-state index >= 15 is 0 Å². The van der Waals surface area contributed by atoms with E-state index in [2.05, 4.69) is 38.0 Å². The smallest absolute Gasteiger partial charge is 0.0867 e. The number of hydrogen-bond acceptors (Lipinski definition) is 2. The van der Waals surface area contributed by atoms with Gasteiger partial charge in [0.15, 0.2) is 0 Å². The summed E-state index contributed by atoms with van der Waals surface area (Å²) in [4.78, 5) is 7.75. The second-order valence-electron chi connectivity index (χ2n) is 4.14. The first kappa shape index (κ1) is 11.4. The van der Waals surface area contributed by atoms with Gasteiger partial charge in [-0.15, -0.1) is 0 Å². The van der Waals surface area contributed by atoms with E-state index in [1.165, 1.54) is 0 Å². The van der Waals surface area contributed by atoms with Gasteiger partial charge in [-0.1, -0.05) is 22.0 Å². The Kier molecular flexibility index (Phi) is 2.89. The molecule has 3 aromatic rings. The number of H-pyrrole nitrogens is 1. The lowest BCUT2D eigenvalue weighted by Gasteiger charge is -1.99. The monoisotopic (exact) mass is 301 g/mol. The van der Waals surface area contributed by atoms with Crippen LogP contribution in [0.1, 0.15) is 5.56 Å². The summed E-state index contributed by atoms with van der Waals surface area (Å²) in [5.74, 6) is 0. The SMILES string of the molecule is NCc1ccnc(-c2cc3c(Br)cccc3[nH]2)c1. The summed E-state index contributed by atoms with van der Waals surface area (Å²) < 4.78 is 1.08. The molecule has 3 N–H and O–H groups in total. The van der Waals surface area contributed by atoms with Gasteiger partial charge in [0, 0.05) is 28.1 Å². The molecular formula is C14H12BrN3. The van der Waals surface area contributed by atoms with Gasteiger partial charge in [-0.2, -0.15) is 0 Å². The van der Waals surface area contributed by atoms with Crippen LogP contribution in [0.15, 0.2) is 47.1 Å². The standard InChI is InChI=1S/C14H12BrN3/c15-11-2-1-3-12-10(11)7-14(18-12)13-6-9(8-16)4-5-17-13/h1-7,18H,8,16H2. The Balaban J connectivity index is 2.16. The maximum atomic E-state index is 5.65. The number of aromatic nitrogens is 2. The summed E-state index contributed by atoms with van der Waals surface area (Å²) in [6.07, 6.45) is 1.79. The number of halogens is 1. The lowest BCUT2D eigenvalue weighted by atomic mass is 10.2. The van der Waals surface area contributed by atoms with Crippen LogP contribution in [0.5, 0.6) is 0 Å². The summed E-state index contributed by atoms with van der Waals surface area (Å²) >= 11 is 3.55. The van der Waals surface area contributed by atoms with Crippen molar-refractivity contribution in [2.45, 2.75) is 6.54 Å². The Bertz CT molecular complexity index is 703. The minimum absolute atomic E-state index is 0.527. The zero-order valence-corrected chi connectivity index (χ0v) is 11.2. The molecule has 18 heavy (non-hydrogen) atoms. The van der Waals surface area contributed by atoms with Gasteiger partial charge in [-0.05, 0) is 35.9 Å². The average molecular weight is 302 g/mol. The van der Waals surface area contributed by atoms with E-state index in [9.17, 15) is 0 Å². The quantitative estimate of drug-likeness (QED) is 0.762. The number of nitrogens with two attached hydrogens (primary N) is 1. The molecule has 0 aliphatic heterocycles. The van der Waals surface area contributed by atoms with Crippen LogP contribution in [0.2, 0.25) is 0 Å². The van der Waals surface area contributed by atoms with Crippen LogP contribution in [0, 0.1) is 0 Å². The van der Waals surface area contributed by atoms with E-state index < -0.39 is 0 Å². The third-order valence-corrected chi connectivity index (χ3v) is 3.64. The van der Waals surface area contributed by atoms with Crippen LogP contribution in [0.25, 0.3) is 22.3 Å². The molecule has 0 aliphatic rings. The summed E-state index contributed by atoms with van der Waals surface area (Å²) in [6.45, 7) is 0.527. The molecule has 0 aliphatic carbocycles. The molecule has 0 radical (unpaired) electrons. The number of rotatable bonds is 2. The van der Waals surface area contributed by atoms with Crippen molar-refractivity contribution in [3.63, 3.8) is 0 Å². The van der Waals surface area contributed by atoms with Crippen molar-refractivity contribution in [2.24, 2.45) is 5.73 Å². The number of nitrogens with one attached hydrogen (secondary N) is 1. The Morgan fingerprint density at radius 3 is 2.89 bits per heavy atom. The predicted molar refractivity (Wildman–Crippen MR) is 77.1 cm³/mol. The molecule has 0 unspecified atom stereocenters. The first-order valence-electron chi connectivity index (χ1n) is 5.70. The normalized spacial score (nSPS) is 11.0. The summed E-state index contributed by atoms with van der Waals surface area (Å²) in [7, 11) is 0. The van der Waals surface area contributed by atoms with Crippen molar-refractivity contribution in [3.05, 3.63) is 52.6 Å². The van der Waals surface area contributed by atoms with Gasteiger partial charge in [0.05, 0.1) is 11.4 Å². The second kappa shape index (κ2) is 4.55. The molecule has 0 fully saturated rings. The van der Waals surface area contributed by atoms with Crippen molar-refractivity contribution in [2.75, 3.05) is 0 Å². The van der Waals surface area contributed by atoms with Crippen molar-refractivity contribution < 1.29 is 0 Å². The number of hydrogen-bond donors (Lipinski definition) is 2. The highest BCUT2D eigenvalue weighted by atomic mass is 79.9. The molecule has 4 heteroatoms. The fourth-order valence-corrected chi connectivity index (χ4v) is 2.49. The van der Waals surface area contributed by atoms with E-state index in [1.54, 1.807) is 6.20 Å². The van der Waals surface area contributed by atoms with Gasteiger partial charge >= 0.3 is 0 Å². The van der Waals surface area contributed by atoms with E-state index in [0.717, 1.165) is 32.3 Å². The molecule has 0 atom stereocenters. The Morgan fingerprint density at radius 2 is 2.11 bits per heavy atom. The third kappa shape index (κ3) is 1.94. The lowest BCUT2D eigenvalue weighted by molar-refractivity contribution is 1.06. The maximum absolute atomic E-state index is 5.65. The van der Waals surface area contributed by atoms with E-state index in [-0.39, 0.29) is 0 Å². The first-order valence-corrected chi connectivity index (χ1v) is 6.50. The van der Waals surface area contributed by atoms with Gasteiger partial charge in [0.2, 0.25) is 0 Å². The Labute approximate surface area is 113 Å². The Morgan fingerprint density at radius 1 is 1.22 bits per heavy atom. The molecule has 2 heterocycles. The number of nitrogens with zero attached hydrogens (tertiary/aromatic N) is 1. The van der Waals surface area contributed by atoms with Crippen molar-refractivity contribution in [1.29, 1.82) is 0 Å². The van der Waals surface area contributed by atoms with Crippen LogP contribution >= 0.6 is 15.9 Å². The van der Waals surface area contributed by atoms with Crippen LogP contribution in [0.4, 0.5) is 0 Å². The van der Waals surface area contributed by atoms with Crippen LogP contribution < -0.4 is 5.73 Å². The number of aromatic amines is 1. The molecule has 0 spiro atoms. The minimum atomic E-state index is 0.527. The fourth-order valence-electron chi connectivity index (χ4n) is 2.00. The molecule has 0 bridgehead atoms. The molecule has 1 aromatic carbocycles. The van der Waals surface area contributed by atoms with Gasteiger partial charge in [0.1, 0.15) is 0 Å². The van der Waals surface area contributed by atoms with E-state index in [1.807, 2.05) is 24.3 Å². The molecule has 0 amide bonds.